The molecule has 2 saturated heterocycles. The SMILES string of the molecule is CC1CN(c2ccc3c(c2)Sc2cc(C(F)(F)F)cc(NC4CCNCC4)c2N3)CC(C)O1. The second-order valence-electron chi connectivity index (χ2n) is 9.13. The summed E-state index contributed by atoms with van der Waals surface area (Å²) in [7, 11) is 0. The number of hydrogen-bond donors (Lipinski definition) is 3. The van der Waals surface area contributed by atoms with Gasteiger partial charge in [-0.15, -0.1) is 0 Å². The molecule has 5 nitrogen and oxygen atoms in total. The average Bonchev–Trinajstić information content (AvgIpc) is 2.77. The van der Waals surface area contributed by atoms with Crippen LogP contribution in [0.5, 0.6) is 0 Å². The first-order valence-electron chi connectivity index (χ1n) is 11.5. The van der Waals surface area contributed by atoms with E-state index in [4.69, 9.17) is 4.74 Å². The number of alkyl halides is 3. The highest BCUT2D eigenvalue weighted by Crippen LogP contribution is 2.50. The van der Waals surface area contributed by atoms with Crippen molar-refractivity contribution in [3.05, 3.63) is 35.9 Å². The number of hydrogen-bond acceptors (Lipinski definition) is 6. The second-order valence-corrected chi connectivity index (χ2v) is 10.2. The molecule has 3 heterocycles. The zero-order chi connectivity index (χ0) is 23.2. The van der Waals surface area contributed by atoms with E-state index < -0.39 is 11.7 Å². The summed E-state index contributed by atoms with van der Waals surface area (Å²) >= 11 is 1.40. The smallest absolute Gasteiger partial charge is 0.380 e. The third kappa shape index (κ3) is 4.90. The van der Waals surface area contributed by atoms with Crippen molar-refractivity contribution in [3.8, 4) is 0 Å². The summed E-state index contributed by atoms with van der Waals surface area (Å²) in [4.78, 5) is 3.80. The number of rotatable bonds is 3. The number of halogens is 3. The monoisotopic (exact) mass is 478 g/mol. The first-order valence-corrected chi connectivity index (χ1v) is 12.3. The summed E-state index contributed by atoms with van der Waals surface area (Å²) in [5.74, 6) is 0. The van der Waals surface area contributed by atoms with Crippen molar-refractivity contribution >= 4 is 34.5 Å². The van der Waals surface area contributed by atoms with Crippen molar-refractivity contribution in [1.82, 2.24) is 5.32 Å². The van der Waals surface area contributed by atoms with E-state index in [9.17, 15) is 13.2 Å². The Morgan fingerprint density at radius 2 is 1.76 bits per heavy atom. The lowest BCUT2D eigenvalue weighted by atomic mass is 10.0. The van der Waals surface area contributed by atoms with Gasteiger partial charge in [-0.05, 0) is 70.1 Å². The summed E-state index contributed by atoms with van der Waals surface area (Å²) < 4.78 is 47.0. The number of anilines is 4. The van der Waals surface area contributed by atoms with Crippen molar-refractivity contribution < 1.29 is 17.9 Å². The molecule has 0 aliphatic carbocycles. The zero-order valence-corrected chi connectivity index (χ0v) is 19.6. The van der Waals surface area contributed by atoms with Crippen LogP contribution in [0.4, 0.5) is 35.9 Å². The van der Waals surface area contributed by atoms with Gasteiger partial charge in [-0.25, -0.2) is 0 Å². The molecule has 3 N–H and O–H groups in total. The Balaban J connectivity index is 1.46. The first kappa shape index (κ1) is 22.7. The Bertz CT molecular complexity index is 1020. The second kappa shape index (κ2) is 8.92. The predicted octanol–water partition coefficient (Wildman–Crippen LogP) is 5.69. The summed E-state index contributed by atoms with van der Waals surface area (Å²) in [6.45, 7) is 7.43. The number of benzene rings is 2. The van der Waals surface area contributed by atoms with Crippen LogP contribution in [0.25, 0.3) is 0 Å². The van der Waals surface area contributed by atoms with Crippen LogP contribution in [0, 0.1) is 0 Å². The number of fused-ring (bicyclic) bond motifs is 2. The average molecular weight is 479 g/mol. The van der Waals surface area contributed by atoms with Gasteiger partial charge >= 0.3 is 6.18 Å². The number of ether oxygens (including phenoxy) is 1. The lowest BCUT2D eigenvalue weighted by Gasteiger charge is -2.37. The lowest BCUT2D eigenvalue weighted by Crippen LogP contribution is -2.45. The highest BCUT2D eigenvalue weighted by molar-refractivity contribution is 7.99. The minimum atomic E-state index is -4.40. The minimum absolute atomic E-state index is 0.134. The van der Waals surface area contributed by atoms with Crippen LogP contribution in [0.2, 0.25) is 0 Å². The molecule has 3 aliphatic rings. The number of morpholine rings is 1. The van der Waals surface area contributed by atoms with Gasteiger partial charge in [0.15, 0.2) is 0 Å². The van der Waals surface area contributed by atoms with Crippen LogP contribution in [-0.2, 0) is 10.9 Å². The standard InChI is InChI=1S/C24H29F3N4OS/c1-14-12-31(13-15(2)32-14)18-3-4-19-21(11-18)33-22-10-16(24(25,26)27)9-20(23(22)30-19)29-17-5-7-28-8-6-17/h3-4,9-11,14-15,17,28-30H,5-8,12-13H2,1-2H3. The van der Waals surface area contributed by atoms with Gasteiger partial charge in [0.1, 0.15) is 0 Å². The van der Waals surface area contributed by atoms with Gasteiger partial charge in [-0.2, -0.15) is 13.2 Å². The van der Waals surface area contributed by atoms with Crippen molar-refractivity contribution in [1.29, 1.82) is 0 Å². The minimum Gasteiger partial charge on any atom is -0.380 e. The van der Waals surface area contributed by atoms with Gasteiger partial charge in [0, 0.05) is 34.6 Å². The largest absolute Gasteiger partial charge is 0.416 e. The molecule has 2 unspecified atom stereocenters. The molecule has 2 atom stereocenters. The molecular formula is C24H29F3N4OS. The van der Waals surface area contributed by atoms with Crippen LogP contribution in [0.1, 0.15) is 32.3 Å². The molecule has 0 aromatic heterocycles. The van der Waals surface area contributed by atoms with Gasteiger partial charge in [0.05, 0.1) is 34.8 Å². The van der Waals surface area contributed by atoms with E-state index in [1.165, 1.54) is 23.9 Å². The Hall–Kier alpha value is -2.10. The molecule has 33 heavy (non-hydrogen) atoms. The molecule has 0 spiro atoms. The van der Waals surface area contributed by atoms with Crippen LogP contribution in [-0.4, -0.2) is 44.4 Å². The van der Waals surface area contributed by atoms with Crippen molar-refractivity contribution in [2.24, 2.45) is 0 Å². The fourth-order valence-electron chi connectivity index (χ4n) is 4.83. The fraction of sp³-hybridized carbons (Fsp3) is 0.500. The van der Waals surface area contributed by atoms with E-state index in [0.29, 0.717) is 10.6 Å². The molecule has 178 valence electrons. The van der Waals surface area contributed by atoms with Gasteiger partial charge in [0.25, 0.3) is 0 Å². The van der Waals surface area contributed by atoms with E-state index in [2.05, 4.69) is 46.8 Å². The highest BCUT2D eigenvalue weighted by Gasteiger charge is 2.34. The third-order valence-corrected chi connectivity index (χ3v) is 7.46. The molecule has 9 heteroatoms. The number of piperidine rings is 1. The fourth-order valence-corrected chi connectivity index (χ4v) is 5.92. The van der Waals surface area contributed by atoms with E-state index in [1.54, 1.807) is 0 Å². The summed E-state index contributed by atoms with van der Waals surface area (Å²) in [6, 6.07) is 8.82. The molecule has 2 aromatic carbocycles. The summed E-state index contributed by atoms with van der Waals surface area (Å²) in [5.41, 5.74) is 2.60. The van der Waals surface area contributed by atoms with Crippen LogP contribution >= 0.6 is 11.8 Å². The van der Waals surface area contributed by atoms with E-state index in [1.807, 2.05) is 6.07 Å². The van der Waals surface area contributed by atoms with Crippen molar-refractivity contribution in [2.75, 3.05) is 41.7 Å². The maximum absolute atomic E-state index is 13.7. The van der Waals surface area contributed by atoms with Gasteiger partial charge in [-0.1, -0.05) is 11.8 Å². The Labute approximate surface area is 196 Å². The zero-order valence-electron chi connectivity index (χ0n) is 18.8. The summed E-state index contributed by atoms with van der Waals surface area (Å²) in [6.07, 6.45) is -2.37. The Kier molecular flexibility index (Phi) is 6.13. The van der Waals surface area contributed by atoms with Crippen LogP contribution in [0.15, 0.2) is 40.1 Å². The van der Waals surface area contributed by atoms with E-state index >= 15 is 0 Å². The number of nitrogens with one attached hydrogen (secondary N) is 3. The molecule has 0 saturated carbocycles. The van der Waals surface area contributed by atoms with Gasteiger partial charge in [0.2, 0.25) is 0 Å². The molecule has 0 radical (unpaired) electrons. The maximum Gasteiger partial charge on any atom is 0.416 e. The predicted molar refractivity (Wildman–Crippen MR) is 127 cm³/mol. The lowest BCUT2D eigenvalue weighted by molar-refractivity contribution is -0.137. The summed E-state index contributed by atoms with van der Waals surface area (Å²) in [5, 5.41) is 10.1. The van der Waals surface area contributed by atoms with Crippen LogP contribution < -0.4 is 20.9 Å². The molecule has 2 fully saturated rings. The van der Waals surface area contributed by atoms with Crippen molar-refractivity contribution in [2.45, 2.75) is 60.9 Å². The highest BCUT2D eigenvalue weighted by atomic mass is 32.2. The quantitative estimate of drug-likeness (QED) is 0.450. The Morgan fingerprint density at radius 1 is 1.03 bits per heavy atom. The Morgan fingerprint density at radius 3 is 2.45 bits per heavy atom. The van der Waals surface area contributed by atoms with Crippen LogP contribution in [0.3, 0.4) is 0 Å². The molecular weight excluding hydrogens is 449 g/mol. The molecule has 0 bridgehead atoms. The normalized spacial score (nSPS) is 23.5. The molecule has 2 aromatic rings. The third-order valence-electron chi connectivity index (χ3n) is 6.36. The topological polar surface area (TPSA) is 48.6 Å². The number of nitrogens with zero attached hydrogens (tertiary/aromatic N) is 1. The first-order chi connectivity index (χ1) is 15.8. The molecule has 3 aliphatic heterocycles. The van der Waals surface area contributed by atoms with Gasteiger partial charge in [-0.3, -0.25) is 0 Å². The van der Waals surface area contributed by atoms with E-state index in [-0.39, 0.29) is 18.2 Å². The van der Waals surface area contributed by atoms with E-state index in [0.717, 1.165) is 61.0 Å². The molecule has 5 rings (SSSR count). The van der Waals surface area contributed by atoms with Crippen molar-refractivity contribution in [3.63, 3.8) is 0 Å². The maximum atomic E-state index is 13.7. The molecule has 0 amide bonds. The van der Waals surface area contributed by atoms with Gasteiger partial charge < -0.3 is 25.6 Å².